The van der Waals surface area contributed by atoms with Gasteiger partial charge in [0, 0.05) is 12.2 Å². The number of esters is 2. The van der Waals surface area contributed by atoms with Crippen LogP contribution in [0.5, 0.6) is 0 Å². The van der Waals surface area contributed by atoms with Crippen LogP contribution < -0.4 is 0 Å². The lowest BCUT2D eigenvalue weighted by Gasteiger charge is -2.19. The zero-order valence-electron chi connectivity index (χ0n) is 12.1. The Kier molecular flexibility index (Phi) is 5.80. The lowest BCUT2D eigenvalue weighted by atomic mass is 10.2. The molecule has 4 heteroatoms. The highest BCUT2D eigenvalue weighted by molar-refractivity contribution is 5.83. The van der Waals surface area contributed by atoms with Crippen LogP contribution in [-0.4, -0.2) is 24.1 Å². The van der Waals surface area contributed by atoms with Crippen molar-refractivity contribution < 1.29 is 19.1 Å². The number of carbonyl (C=O) groups is 2. The number of hydrogen-bond donors (Lipinski definition) is 0. The average Bonchev–Trinajstić information content (AvgIpc) is 2.62. The van der Waals surface area contributed by atoms with Crippen molar-refractivity contribution in [3.8, 4) is 0 Å². The molecular weight excluding hydrogens is 244 g/mol. The highest BCUT2D eigenvalue weighted by atomic mass is 16.6. The predicted molar refractivity (Wildman–Crippen MR) is 72.5 cm³/mol. The molecule has 0 aromatic rings. The first-order valence-electron chi connectivity index (χ1n) is 6.59. The molecule has 1 fully saturated rings. The molecule has 0 N–H and O–H groups in total. The van der Waals surface area contributed by atoms with Gasteiger partial charge in [0.1, 0.15) is 12.2 Å². The third kappa shape index (κ3) is 5.73. The van der Waals surface area contributed by atoms with Crippen molar-refractivity contribution in [2.24, 2.45) is 0 Å². The monoisotopic (exact) mass is 266 g/mol. The van der Waals surface area contributed by atoms with E-state index in [9.17, 15) is 9.59 Å². The minimum absolute atomic E-state index is 0.322. The van der Waals surface area contributed by atoms with Gasteiger partial charge in [-0.15, -0.1) is 0 Å². The minimum Gasteiger partial charge on any atom is -0.455 e. The second-order valence-corrected chi connectivity index (χ2v) is 5.32. The third-order valence-electron chi connectivity index (χ3n) is 2.74. The Labute approximate surface area is 114 Å². The first kappa shape index (κ1) is 15.5. The summed E-state index contributed by atoms with van der Waals surface area (Å²) >= 11 is 0. The van der Waals surface area contributed by atoms with Crippen LogP contribution in [0.3, 0.4) is 0 Å². The fraction of sp³-hybridized carbons (Fsp3) is 0.600. The molecule has 4 nitrogen and oxygen atoms in total. The number of rotatable bonds is 4. The highest BCUT2D eigenvalue weighted by Crippen LogP contribution is 2.25. The van der Waals surface area contributed by atoms with Gasteiger partial charge in [0.25, 0.3) is 0 Å². The molecule has 106 valence electrons. The highest BCUT2D eigenvalue weighted by Gasteiger charge is 2.32. The minimum atomic E-state index is -0.366. The van der Waals surface area contributed by atoms with Gasteiger partial charge in [0.05, 0.1) is 0 Å². The Morgan fingerprint density at radius 2 is 1.21 bits per heavy atom. The molecule has 0 spiro atoms. The Hall–Kier alpha value is -1.58. The molecule has 0 saturated heterocycles. The fourth-order valence-corrected chi connectivity index (χ4v) is 2.00. The van der Waals surface area contributed by atoms with Crippen LogP contribution in [0.15, 0.2) is 23.3 Å². The zero-order valence-corrected chi connectivity index (χ0v) is 12.1. The van der Waals surface area contributed by atoms with Gasteiger partial charge in [-0.05, 0) is 47.0 Å². The van der Waals surface area contributed by atoms with E-state index in [-0.39, 0.29) is 24.1 Å². The second-order valence-electron chi connectivity index (χ2n) is 5.32. The fourth-order valence-electron chi connectivity index (χ4n) is 2.00. The summed E-state index contributed by atoms with van der Waals surface area (Å²) in [5.41, 5.74) is 1.78. The number of allylic oxidation sites excluding steroid dienone is 2. The normalized spacial score (nSPS) is 21.5. The van der Waals surface area contributed by atoms with Crippen molar-refractivity contribution in [1.29, 1.82) is 0 Å². The van der Waals surface area contributed by atoms with Crippen molar-refractivity contribution in [3.63, 3.8) is 0 Å². The van der Waals surface area contributed by atoms with E-state index in [2.05, 4.69) is 0 Å². The first-order valence-corrected chi connectivity index (χ1v) is 6.59. The molecule has 0 bridgehead atoms. The SMILES string of the molecule is CC(C)=CC(=O)O[C@@H]1CCC[C@H]1OC(=O)C=C(C)C. The van der Waals surface area contributed by atoms with Crippen molar-refractivity contribution in [2.75, 3.05) is 0 Å². The molecule has 2 atom stereocenters. The van der Waals surface area contributed by atoms with E-state index in [0.717, 1.165) is 30.4 Å². The maximum absolute atomic E-state index is 11.6. The standard InChI is InChI=1S/C15H22O4/c1-10(2)8-14(16)18-12-6-5-7-13(12)19-15(17)9-11(3)4/h8-9,12-13H,5-7H2,1-4H3/t12-,13-/m1/s1. The van der Waals surface area contributed by atoms with Gasteiger partial charge in [0.2, 0.25) is 0 Å². The molecule has 0 aromatic carbocycles. The lowest BCUT2D eigenvalue weighted by molar-refractivity contribution is -0.158. The Morgan fingerprint density at radius 3 is 1.53 bits per heavy atom. The van der Waals surface area contributed by atoms with Crippen LogP contribution in [0.4, 0.5) is 0 Å². The first-order chi connectivity index (χ1) is 8.88. The predicted octanol–water partition coefficient (Wildman–Crippen LogP) is 2.93. The van der Waals surface area contributed by atoms with Crippen LogP contribution in [-0.2, 0) is 19.1 Å². The van der Waals surface area contributed by atoms with Gasteiger partial charge in [-0.3, -0.25) is 0 Å². The van der Waals surface area contributed by atoms with Crippen molar-refractivity contribution in [2.45, 2.75) is 59.2 Å². The molecule has 0 heterocycles. The molecule has 0 radical (unpaired) electrons. The summed E-state index contributed by atoms with van der Waals surface area (Å²) in [6, 6.07) is 0. The quantitative estimate of drug-likeness (QED) is 0.580. The van der Waals surface area contributed by atoms with E-state index in [4.69, 9.17) is 9.47 Å². The maximum atomic E-state index is 11.6. The second kappa shape index (κ2) is 7.12. The van der Waals surface area contributed by atoms with Crippen LogP contribution in [0.2, 0.25) is 0 Å². The van der Waals surface area contributed by atoms with Gasteiger partial charge in [0.15, 0.2) is 0 Å². The molecule has 0 aliphatic heterocycles. The summed E-state index contributed by atoms with van der Waals surface area (Å²) < 4.78 is 10.7. The van der Waals surface area contributed by atoms with Crippen molar-refractivity contribution in [3.05, 3.63) is 23.3 Å². The van der Waals surface area contributed by atoms with E-state index in [0.29, 0.717) is 0 Å². The Morgan fingerprint density at radius 1 is 0.842 bits per heavy atom. The smallest absolute Gasteiger partial charge is 0.331 e. The molecule has 1 saturated carbocycles. The van der Waals surface area contributed by atoms with Crippen LogP contribution in [0.25, 0.3) is 0 Å². The summed E-state index contributed by atoms with van der Waals surface area (Å²) in [5.74, 6) is -0.731. The third-order valence-corrected chi connectivity index (χ3v) is 2.74. The van der Waals surface area contributed by atoms with Crippen molar-refractivity contribution in [1.82, 2.24) is 0 Å². The maximum Gasteiger partial charge on any atom is 0.331 e. The molecule has 19 heavy (non-hydrogen) atoms. The van der Waals surface area contributed by atoms with E-state index in [1.807, 2.05) is 27.7 Å². The van der Waals surface area contributed by atoms with Crippen molar-refractivity contribution >= 4 is 11.9 Å². The van der Waals surface area contributed by atoms with E-state index in [1.165, 1.54) is 12.2 Å². The zero-order chi connectivity index (χ0) is 14.4. The van der Waals surface area contributed by atoms with Gasteiger partial charge >= 0.3 is 11.9 Å². The molecule has 1 aliphatic carbocycles. The van der Waals surface area contributed by atoms with Crippen LogP contribution >= 0.6 is 0 Å². The van der Waals surface area contributed by atoms with E-state index in [1.54, 1.807) is 0 Å². The molecular formula is C15H22O4. The molecule has 1 aliphatic rings. The van der Waals surface area contributed by atoms with Gasteiger partial charge < -0.3 is 9.47 Å². The molecule has 0 aromatic heterocycles. The van der Waals surface area contributed by atoms with Gasteiger partial charge in [-0.1, -0.05) is 11.1 Å². The summed E-state index contributed by atoms with van der Waals surface area (Å²) in [6.45, 7) is 7.34. The van der Waals surface area contributed by atoms with Gasteiger partial charge in [-0.2, -0.15) is 0 Å². The topological polar surface area (TPSA) is 52.6 Å². The molecule has 0 amide bonds. The molecule has 0 unspecified atom stereocenters. The summed E-state index contributed by atoms with van der Waals surface area (Å²) in [7, 11) is 0. The number of carbonyl (C=O) groups excluding carboxylic acids is 2. The van der Waals surface area contributed by atoms with E-state index < -0.39 is 0 Å². The summed E-state index contributed by atoms with van der Waals surface area (Å²) in [6.07, 6.45) is 4.65. The number of hydrogen-bond acceptors (Lipinski definition) is 4. The largest absolute Gasteiger partial charge is 0.455 e. The summed E-state index contributed by atoms with van der Waals surface area (Å²) in [4.78, 5) is 23.1. The van der Waals surface area contributed by atoms with Gasteiger partial charge in [-0.25, -0.2) is 9.59 Å². The summed E-state index contributed by atoms with van der Waals surface area (Å²) in [5, 5.41) is 0. The Bertz CT molecular complexity index is 360. The van der Waals surface area contributed by atoms with Crippen LogP contribution in [0, 0.1) is 0 Å². The molecule has 1 rings (SSSR count). The lowest BCUT2D eigenvalue weighted by Crippen LogP contribution is -2.29. The average molecular weight is 266 g/mol. The Balaban J connectivity index is 2.55. The number of ether oxygens (including phenoxy) is 2. The van der Waals surface area contributed by atoms with Crippen LogP contribution in [0.1, 0.15) is 47.0 Å². The van der Waals surface area contributed by atoms with E-state index >= 15 is 0 Å².